The molecular formula is C14H19FN4. The molecular weight excluding hydrogens is 243 g/mol. The molecule has 19 heavy (non-hydrogen) atoms. The number of nitrogens with one attached hydrogen (secondary N) is 1. The molecule has 0 fully saturated rings. The van der Waals surface area contributed by atoms with E-state index in [-0.39, 0.29) is 11.9 Å². The minimum atomic E-state index is -0.271. The van der Waals surface area contributed by atoms with Gasteiger partial charge in [-0.1, -0.05) is 6.92 Å². The van der Waals surface area contributed by atoms with Gasteiger partial charge in [-0.2, -0.15) is 5.10 Å². The minimum Gasteiger partial charge on any atom is -0.308 e. The molecule has 2 heterocycles. The molecule has 0 saturated heterocycles. The van der Waals surface area contributed by atoms with Crippen LogP contribution in [0.4, 0.5) is 4.39 Å². The molecule has 4 nitrogen and oxygen atoms in total. The van der Waals surface area contributed by atoms with Crippen LogP contribution in [0.2, 0.25) is 0 Å². The second-order valence-electron chi connectivity index (χ2n) is 4.56. The lowest BCUT2D eigenvalue weighted by Crippen LogP contribution is -2.26. The van der Waals surface area contributed by atoms with Crippen molar-refractivity contribution in [3.8, 4) is 0 Å². The number of aryl methyl sites for hydroxylation is 1. The number of hydrogen-bond donors (Lipinski definition) is 1. The van der Waals surface area contributed by atoms with Gasteiger partial charge in [0.2, 0.25) is 0 Å². The highest BCUT2D eigenvalue weighted by Gasteiger charge is 2.18. The van der Waals surface area contributed by atoms with Crippen LogP contribution in [0.5, 0.6) is 0 Å². The van der Waals surface area contributed by atoms with Crippen molar-refractivity contribution in [2.75, 3.05) is 6.54 Å². The van der Waals surface area contributed by atoms with Crippen LogP contribution >= 0.6 is 0 Å². The molecule has 0 spiro atoms. The van der Waals surface area contributed by atoms with Crippen molar-refractivity contribution in [1.29, 1.82) is 0 Å². The van der Waals surface area contributed by atoms with Crippen LogP contribution in [0.3, 0.4) is 0 Å². The average molecular weight is 262 g/mol. The summed E-state index contributed by atoms with van der Waals surface area (Å²) in [6, 6.07) is 4.86. The van der Waals surface area contributed by atoms with E-state index in [1.54, 1.807) is 16.9 Å². The summed E-state index contributed by atoms with van der Waals surface area (Å²) in [5.41, 5.74) is 1.39. The summed E-state index contributed by atoms with van der Waals surface area (Å²) in [5.74, 6) is -0.271. The third-order valence-corrected chi connectivity index (χ3v) is 2.94. The Kier molecular flexibility index (Phi) is 4.63. The van der Waals surface area contributed by atoms with E-state index >= 15 is 0 Å². The summed E-state index contributed by atoms with van der Waals surface area (Å²) < 4.78 is 15.6. The van der Waals surface area contributed by atoms with Gasteiger partial charge in [0.15, 0.2) is 0 Å². The SMILES string of the molecule is CCCNC(Cc1ccn(C)n1)c1ncccc1F. The molecule has 1 unspecified atom stereocenters. The third kappa shape index (κ3) is 3.61. The third-order valence-electron chi connectivity index (χ3n) is 2.94. The number of aromatic nitrogens is 3. The zero-order valence-electron chi connectivity index (χ0n) is 11.3. The predicted octanol–water partition coefficient (Wildman–Crippen LogP) is 2.24. The maximum Gasteiger partial charge on any atom is 0.146 e. The summed E-state index contributed by atoms with van der Waals surface area (Å²) in [4.78, 5) is 4.16. The molecule has 0 aliphatic heterocycles. The Hall–Kier alpha value is -1.75. The van der Waals surface area contributed by atoms with E-state index in [0.29, 0.717) is 12.1 Å². The molecule has 1 atom stereocenters. The molecule has 0 bridgehead atoms. The normalized spacial score (nSPS) is 12.6. The molecule has 0 amide bonds. The zero-order valence-corrected chi connectivity index (χ0v) is 11.3. The van der Waals surface area contributed by atoms with Gasteiger partial charge in [0, 0.05) is 25.9 Å². The predicted molar refractivity (Wildman–Crippen MR) is 72.1 cm³/mol. The fourth-order valence-corrected chi connectivity index (χ4v) is 2.02. The standard InChI is InChI=1S/C14H19FN4/c1-3-7-16-13(10-11-6-9-19(2)18-11)14-12(15)5-4-8-17-14/h4-6,8-9,13,16H,3,7,10H2,1-2H3. The quantitative estimate of drug-likeness (QED) is 0.868. The van der Waals surface area contributed by atoms with E-state index < -0.39 is 0 Å². The highest BCUT2D eigenvalue weighted by Crippen LogP contribution is 2.18. The van der Waals surface area contributed by atoms with E-state index in [1.165, 1.54) is 6.07 Å². The molecule has 1 N–H and O–H groups in total. The lowest BCUT2D eigenvalue weighted by molar-refractivity contribution is 0.477. The molecule has 2 aromatic heterocycles. The van der Waals surface area contributed by atoms with E-state index in [1.807, 2.05) is 19.3 Å². The topological polar surface area (TPSA) is 42.7 Å². The lowest BCUT2D eigenvalue weighted by Gasteiger charge is -2.17. The van der Waals surface area contributed by atoms with E-state index in [4.69, 9.17) is 0 Å². The first-order chi connectivity index (χ1) is 9.20. The number of nitrogens with zero attached hydrogens (tertiary/aromatic N) is 3. The second-order valence-corrected chi connectivity index (χ2v) is 4.56. The molecule has 0 aromatic carbocycles. The van der Waals surface area contributed by atoms with Gasteiger partial charge in [-0.25, -0.2) is 4.39 Å². The second kappa shape index (κ2) is 6.43. The smallest absolute Gasteiger partial charge is 0.146 e. The van der Waals surface area contributed by atoms with Crippen LogP contribution in [-0.4, -0.2) is 21.3 Å². The number of rotatable bonds is 6. The fourth-order valence-electron chi connectivity index (χ4n) is 2.02. The summed E-state index contributed by atoms with van der Waals surface area (Å²) in [6.45, 7) is 2.91. The maximum atomic E-state index is 13.8. The van der Waals surface area contributed by atoms with Crippen molar-refractivity contribution >= 4 is 0 Å². The van der Waals surface area contributed by atoms with Crippen LogP contribution in [0.15, 0.2) is 30.6 Å². The molecule has 2 aromatic rings. The molecule has 2 rings (SSSR count). The van der Waals surface area contributed by atoms with Gasteiger partial charge in [0.25, 0.3) is 0 Å². The number of pyridine rings is 1. The van der Waals surface area contributed by atoms with E-state index in [2.05, 4.69) is 22.3 Å². The molecule has 5 heteroatoms. The Morgan fingerprint density at radius 1 is 1.42 bits per heavy atom. The van der Waals surface area contributed by atoms with Crippen LogP contribution in [0.25, 0.3) is 0 Å². The van der Waals surface area contributed by atoms with Gasteiger partial charge in [-0.05, 0) is 31.2 Å². The van der Waals surface area contributed by atoms with Gasteiger partial charge >= 0.3 is 0 Å². The number of hydrogen-bond acceptors (Lipinski definition) is 3. The summed E-state index contributed by atoms with van der Waals surface area (Å²) in [5, 5.41) is 7.67. The van der Waals surface area contributed by atoms with E-state index in [0.717, 1.165) is 18.7 Å². The van der Waals surface area contributed by atoms with Gasteiger partial charge in [-0.3, -0.25) is 9.67 Å². The van der Waals surface area contributed by atoms with Crippen LogP contribution in [0, 0.1) is 5.82 Å². The highest BCUT2D eigenvalue weighted by molar-refractivity contribution is 5.15. The average Bonchev–Trinajstić information content (AvgIpc) is 2.81. The Labute approximate surface area is 112 Å². The van der Waals surface area contributed by atoms with Crippen molar-refractivity contribution in [2.45, 2.75) is 25.8 Å². The fraction of sp³-hybridized carbons (Fsp3) is 0.429. The summed E-state index contributed by atoms with van der Waals surface area (Å²) in [6.07, 6.45) is 5.14. The van der Waals surface area contributed by atoms with Crippen LogP contribution < -0.4 is 5.32 Å². The first kappa shape index (κ1) is 13.7. The largest absolute Gasteiger partial charge is 0.308 e. The molecule has 0 radical (unpaired) electrons. The Morgan fingerprint density at radius 3 is 2.89 bits per heavy atom. The molecule has 102 valence electrons. The zero-order chi connectivity index (χ0) is 13.7. The van der Waals surface area contributed by atoms with Gasteiger partial charge in [0.1, 0.15) is 5.82 Å². The minimum absolute atomic E-state index is 0.143. The monoisotopic (exact) mass is 262 g/mol. The van der Waals surface area contributed by atoms with Crippen LogP contribution in [0.1, 0.15) is 30.8 Å². The van der Waals surface area contributed by atoms with Crippen molar-refractivity contribution in [1.82, 2.24) is 20.1 Å². The highest BCUT2D eigenvalue weighted by atomic mass is 19.1. The first-order valence-corrected chi connectivity index (χ1v) is 6.53. The van der Waals surface area contributed by atoms with Gasteiger partial charge in [0.05, 0.1) is 17.4 Å². The first-order valence-electron chi connectivity index (χ1n) is 6.53. The summed E-state index contributed by atoms with van der Waals surface area (Å²) >= 11 is 0. The van der Waals surface area contributed by atoms with Crippen molar-refractivity contribution < 1.29 is 4.39 Å². The number of halogens is 1. The van der Waals surface area contributed by atoms with Gasteiger partial charge in [-0.15, -0.1) is 0 Å². The molecule has 0 aliphatic rings. The lowest BCUT2D eigenvalue weighted by atomic mass is 10.1. The van der Waals surface area contributed by atoms with Crippen molar-refractivity contribution in [3.63, 3.8) is 0 Å². The van der Waals surface area contributed by atoms with Crippen LogP contribution in [-0.2, 0) is 13.5 Å². The van der Waals surface area contributed by atoms with Gasteiger partial charge < -0.3 is 5.32 Å². The maximum absolute atomic E-state index is 13.8. The molecule has 0 saturated carbocycles. The van der Waals surface area contributed by atoms with E-state index in [9.17, 15) is 4.39 Å². The van der Waals surface area contributed by atoms with Crippen molar-refractivity contribution in [3.05, 3.63) is 47.8 Å². The summed E-state index contributed by atoms with van der Waals surface area (Å²) in [7, 11) is 1.87. The Balaban J connectivity index is 2.18. The molecule has 0 aliphatic carbocycles. The Bertz CT molecular complexity index is 524. The van der Waals surface area contributed by atoms with Crippen molar-refractivity contribution in [2.24, 2.45) is 7.05 Å². The Morgan fingerprint density at radius 2 is 2.26 bits per heavy atom.